The van der Waals surface area contributed by atoms with Gasteiger partial charge < -0.3 is 4.74 Å². The van der Waals surface area contributed by atoms with Gasteiger partial charge in [0.2, 0.25) is 0 Å². The molecule has 3 heteroatoms. The van der Waals surface area contributed by atoms with Crippen LogP contribution in [0.4, 0.5) is 0 Å². The minimum atomic E-state index is -0.468. The molecule has 0 spiro atoms. The van der Waals surface area contributed by atoms with Crippen LogP contribution in [0.3, 0.4) is 0 Å². The second-order valence-electron chi connectivity index (χ2n) is 14.9. The SMILES string of the molecule is CC(C)C(C)(C)[SiH2]C1(OC2([SiH2]C(C)(C)C(C)C)CCCCC2(C)C)CCCCC1(C)C. The van der Waals surface area contributed by atoms with Crippen molar-refractivity contribution >= 4 is 19.0 Å². The highest BCUT2D eigenvalue weighted by molar-refractivity contribution is 6.46. The molecule has 0 bridgehead atoms. The predicted octanol–water partition coefficient (Wildman–Crippen LogP) is 7.64. The van der Waals surface area contributed by atoms with Crippen molar-refractivity contribution in [2.75, 3.05) is 0 Å². The molecule has 0 aromatic rings. The molecule has 0 aliphatic heterocycles. The van der Waals surface area contributed by atoms with Crippen LogP contribution >= 0.6 is 0 Å². The number of hydrogen-bond acceptors (Lipinski definition) is 1. The molecule has 2 saturated carbocycles. The fraction of sp³-hybridized carbons (Fsp3) is 1.00. The van der Waals surface area contributed by atoms with Crippen LogP contribution in [0.2, 0.25) is 10.1 Å². The third-order valence-electron chi connectivity index (χ3n) is 10.7. The van der Waals surface area contributed by atoms with E-state index in [2.05, 4.69) is 83.1 Å². The summed E-state index contributed by atoms with van der Waals surface area (Å²) in [5.41, 5.74) is 0.612. The molecular formula is C28H58OSi2. The van der Waals surface area contributed by atoms with Gasteiger partial charge in [0.15, 0.2) is 0 Å². The van der Waals surface area contributed by atoms with Crippen LogP contribution in [0.1, 0.15) is 134 Å². The van der Waals surface area contributed by atoms with Gasteiger partial charge in [0.25, 0.3) is 0 Å². The second kappa shape index (κ2) is 9.21. The topological polar surface area (TPSA) is 9.23 Å². The van der Waals surface area contributed by atoms with Gasteiger partial charge in [-0.05, 0) is 58.4 Å². The lowest BCUT2D eigenvalue weighted by atomic mass is 9.71. The molecule has 0 heterocycles. The van der Waals surface area contributed by atoms with E-state index in [1.807, 2.05) is 0 Å². The van der Waals surface area contributed by atoms with Crippen molar-refractivity contribution in [1.29, 1.82) is 0 Å². The largest absolute Gasteiger partial charge is 0.376 e. The average Bonchev–Trinajstić information content (AvgIpc) is 2.59. The summed E-state index contributed by atoms with van der Waals surface area (Å²) < 4.78 is 8.03. The Kier molecular flexibility index (Phi) is 8.21. The molecule has 1 nitrogen and oxygen atoms in total. The Morgan fingerprint density at radius 2 is 0.871 bits per heavy atom. The van der Waals surface area contributed by atoms with Gasteiger partial charge in [0.05, 0.1) is 29.5 Å². The van der Waals surface area contributed by atoms with Gasteiger partial charge in [-0.25, -0.2) is 0 Å². The van der Waals surface area contributed by atoms with E-state index in [1.165, 1.54) is 51.4 Å². The summed E-state index contributed by atoms with van der Waals surface area (Å²) >= 11 is 0. The Hall–Kier alpha value is 0.394. The lowest BCUT2D eigenvalue weighted by molar-refractivity contribution is -0.195. The highest BCUT2D eigenvalue weighted by atomic mass is 28.2. The minimum absolute atomic E-state index is 0.147. The molecule has 2 rings (SSSR count). The first-order valence-corrected chi connectivity index (χ1v) is 16.5. The maximum absolute atomic E-state index is 8.03. The first-order valence-electron chi connectivity index (χ1n) is 13.6. The molecule has 2 atom stereocenters. The van der Waals surface area contributed by atoms with Crippen LogP contribution in [-0.2, 0) is 4.74 Å². The average molecular weight is 467 g/mol. The fourth-order valence-corrected chi connectivity index (χ4v) is 13.3. The lowest BCUT2D eigenvalue weighted by Crippen LogP contribution is -2.67. The van der Waals surface area contributed by atoms with Crippen molar-refractivity contribution in [3.05, 3.63) is 0 Å². The van der Waals surface area contributed by atoms with Gasteiger partial charge in [-0.1, -0.05) is 109 Å². The van der Waals surface area contributed by atoms with E-state index in [1.54, 1.807) is 0 Å². The maximum atomic E-state index is 8.03. The molecule has 0 aromatic carbocycles. The van der Waals surface area contributed by atoms with Crippen LogP contribution in [0, 0.1) is 22.7 Å². The molecule has 2 unspecified atom stereocenters. The zero-order valence-corrected chi connectivity index (χ0v) is 26.5. The summed E-state index contributed by atoms with van der Waals surface area (Å²) in [6.07, 6.45) is 10.8. The van der Waals surface area contributed by atoms with E-state index < -0.39 is 19.0 Å². The molecule has 184 valence electrons. The first kappa shape index (κ1) is 27.6. The summed E-state index contributed by atoms with van der Waals surface area (Å²) in [5.74, 6) is 1.47. The smallest absolute Gasteiger partial charge is 0.0665 e. The summed E-state index contributed by atoms with van der Waals surface area (Å²) in [6, 6.07) is 0. The lowest BCUT2D eigenvalue weighted by Gasteiger charge is -2.62. The van der Waals surface area contributed by atoms with E-state index in [4.69, 9.17) is 4.74 Å². The van der Waals surface area contributed by atoms with Crippen LogP contribution < -0.4 is 0 Å². The van der Waals surface area contributed by atoms with Gasteiger partial charge in [-0.3, -0.25) is 0 Å². The standard InChI is InChI=1S/C28H58OSi2/c1-21(2)25(9,10)30-27(19-15-13-17-23(27,5)6)29-28(31-26(11,12)22(3)4)20-16-14-18-24(28,7)8/h21-22H,13-20,30-31H2,1-12H3. The predicted molar refractivity (Wildman–Crippen MR) is 146 cm³/mol. The Morgan fingerprint density at radius 1 is 0.581 bits per heavy atom. The monoisotopic (exact) mass is 466 g/mol. The Bertz CT molecular complexity index is 552. The molecule has 0 aromatic heterocycles. The zero-order chi connectivity index (χ0) is 23.9. The van der Waals surface area contributed by atoms with Crippen LogP contribution in [-0.4, -0.2) is 29.5 Å². The van der Waals surface area contributed by atoms with E-state index in [9.17, 15) is 0 Å². The molecule has 0 amide bonds. The quantitative estimate of drug-likeness (QED) is 0.334. The van der Waals surface area contributed by atoms with Crippen LogP contribution in [0.25, 0.3) is 0 Å². The van der Waals surface area contributed by atoms with Gasteiger partial charge in [0, 0.05) is 0 Å². The maximum Gasteiger partial charge on any atom is 0.0665 e. The second-order valence-corrected chi connectivity index (χ2v) is 21.5. The Balaban J connectivity index is 2.60. The summed E-state index contributed by atoms with van der Waals surface area (Å²) in [5, 5.41) is 1.16. The molecule has 0 saturated heterocycles. The third-order valence-corrected chi connectivity index (χ3v) is 18.2. The third kappa shape index (κ3) is 5.56. The van der Waals surface area contributed by atoms with Crippen molar-refractivity contribution in [1.82, 2.24) is 0 Å². The van der Waals surface area contributed by atoms with Gasteiger partial charge in [-0.15, -0.1) is 0 Å². The van der Waals surface area contributed by atoms with Crippen molar-refractivity contribution in [3.63, 3.8) is 0 Å². The van der Waals surface area contributed by atoms with Gasteiger partial charge in [0.1, 0.15) is 0 Å². The van der Waals surface area contributed by atoms with Crippen LogP contribution in [0.15, 0.2) is 0 Å². The van der Waals surface area contributed by atoms with Gasteiger partial charge >= 0.3 is 0 Å². The van der Waals surface area contributed by atoms with Crippen molar-refractivity contribution in [3.8, 4) is 0 Å². The molecule has 31 heavy (non-hydrogen) atoms. The molecule has 2 aliphatic carbocycles. The summed E-state index contributed by atoms with van der Waals surface area (Å²) in [6.45, 7) is 30.4. The van der Waals surface area contributed by atoms with E-state index in [-0.39, 0.29) is 10.4 Å². The van der Waals surface area contributed by atoms with Crippen molar-refractivity contribution in [2.45, 2.75) is 155 Å². The highest BCUT2D eigenvalue weighted by Gasteiger charge is 2.59. The normalized spacial score (nSPS) is 32.7. The van der Waals surface area contributed by atoms with E-state index in [0.29, 0.717) is 20.9 Å². The van der Waals surface area contributed by atoms with Gasteiger partial charge in [-0.2, -0.15) is 0 Å². The zero-order valence-electron chi connectivity index (χ0n) is 23.6. The fourth-order valence-electron chi connectivity index (χ4n) is 6.45. The van der Waals surface area contributed by atoms with Crippen LogP contribution in [0.5, 0.6) is 0 Å². The minimum Gasteiger partial charge on any atom is -0.376 e. The number of hydrogen-bond donors (Lipinski definition) is 0. The summed E-state index contributed by atoms with van der Waals surface area (Å²) in [7, 11) is -0.936. The van der Waals surface area contributed by atoms with Crippen molar-refractivity contribution in [2.24, 2.45) is 22.7 Å². The summed E-state index contributed by atoms with van der Waals surface area (Å²) in [4.78, 5) is 0. The molecule has 2 aliphatic rings. The first-order chi connectivity index (χ1) is 13.9. The van der Waals surface area contributed by atoms with Crippen molar-refractivity contribution < 1.29 is 4.74 Å². The number of rotatable bonds is 8. The Labute approximate surface area is 201 Å². The Morgan fingerprint density at radius 3 is 1.13 bits per heavy atom. The van der Waals surface area contributed by atoms with E-state index >= 15 is 0 Å². The molecular weight excluding hydrogens is 408 g/mol. The molecule has 0 N–H and O–H groups in total. The number of ether oxygens (including phenoxy) is 1. The highest BCUT2D eigenvalue weighted by Crippen LogP contribution is 2.58. The van der Waals surface area contributed by atoms with E-state index in [0.717, 1.165) is 11.8 Å². The molecule has 0 radical (unpaired) electrons. The molecule has 2 fully saturated rings.